The van der Waals surface area contributed by atoms with Crippen molar-refractivity contribution in [1.82, 2.24) is 19.9 Å². The Kier molecular flexibility index (Phi) is 3.62. The lowest BCUT2D eigenvalue weighted by atomic mass is 10.2. The summed E-state index contributed by atoms with van der Waals surface area (Å²) in [7, 11) is 0. The molecule has 0 radical (unpaired) electrons. The van der Waals surface area contributed by atoms with E-state index in [4.69, 9.17) is 0 Å². The fourth-order valence-electron chi connectivity index (χ4n) is 2.22. The summed E-state index contributed by atoms with van der Waals surface area (Å²) in [5, 5.41) is 2.96. The van der Waals surface area contributed by atoms with Gasteiger partial charge in [0.15, 0.2) is 5.82 Å². The van der Waals surface area contributed by atoms with Crippen molar-refractivity contribution < 1.29 is 0 Å². The molecule has 23 heavy (non-hydrogen) atoms. The van der Waals surface area contributed by atoms with Gasteiger partial charge in [-0.05, 0) is 12.1 Å². The minimum atomic E-state index is 0.720. The molecule has 4 nitrogen and oxygen atoms in total. The molecular weight excluding hydrogens is 304 g/mol. The minimum absolute atomic E-state index is 0.720. The molecule has 0 aliphatic heterocycles. The van der Waals surface area contributed by atoms with Crippen LogP contribution in [0.15, 0.2) is 72.6 Å². The first-order valence-electron chi connectivity index (χ1n) is 7.14. The molecule has 0 amide bonds. The van der Waals surface area contributed by atoms with Gasteiger partial charge in [0.05, 0.1) is 5.69 Å². The highest BCUT2D eigenvalue weighted by atomic mass is 32.1. The van der Waals surface area contributed by atoms with E-state index in [9.17, 15) is 0 Å². The third-order valence-corrected chi connectivity index (χ3v) is 4.28. The summed E-state index contributed by atoms with van der Waals surface area (Å²) >= 11 is 1.59. The van der Waals surface area contributed by atoms with Gasteiger partial charge in [-0.15, -0.1) is 11.3 Å². The van der Waals surface area contributed by atoms with Crippen LogP contribution in [0.4, 0.5) is 0 Å². The highest BCUT2D eigenvalue weighted by Crippen LogP contribution is 2.28. The van der Waals surface area contributed by atoms with Crippen molar-refractivity contribution in [2.45, 2.75) is 0 Å². The zero-order valence-electron chi connectivity index (χ0n) is 12.1. The van der Waals surface area contributed by atoms with Crippen molar-refractivity contribution in [3.05, 3.63) is 72.6 Å². The van der Waals surface area contributed by atoms with E-state index in [0.29, 0.717) is 0 Å². The molecule has 110 valence electrons. The van der Waals surface area contributed by atoms with Gasteiger partial charge in [0.25, 0.3) is 0 Å². The zero-order valence-corrected chi connectivity index (χ0v) is 12.9. The van der Waals surface area contributed by atoms with E-state index < -0.39 is 0 Å². The molecule has 0 saturated carbocycles. The molecule has 1 aromatic carbocycles. The Morgan fingerprint density at radius 1 is 0.739 bits per heavy atom. The van der Waals surface area contributed by atoms with Crippen molar-refractivity contribution >= 4 is 11.3 Å². The van der Waals surface area contributed by atoms with E-state index in [1.807, 2.05) is 66.4 Å². The Labute approximate surface area is 137 Å². The second-order valence-electron chi connectivity index (χ2n) is 4.94. The summed E-state index contributed by atoms with van der Waals surface area (Å²) in [4.78, 5) is 17.7. The SMILES string of the molecule is c1ccc(-c2ncc(-c3csc(-c4cccnc4)n3)cn2)cc1. The standard InChI is InChI=1S/C18H12N4S/c1-2-5-13(6-3-1)17-20-10-15(11-21-17)16-12-23-18(22-16)14-7-4-8-19-9-14/h1-12H. The largest absolute Gasteiger partial charge is 0.264 e. The fraction of sp³-hybridized carbons (Fsp3) is 0. The molecule has 0 fully saturated rings. The molecule has 3 aromatic heterocycles. The molecule has 0 aliphatic rings. The van der Waals surface area contributed by atoms with Crippen molar-refractivity contribution in [3.8, 4) is 33.2 Å². The van der Waals surface area contributed by atoms with Gasteiger partial charge in [0.1, 0.15) is 5.01 Å². The van der Waals surface area contributed by atoms with Crippen LogP contribution in [0.1, 0.15) is 0 Å². The van der Waals surface area contributed by atoms with E-state index in [-0.39, 0.29) is 0 Å². The monoisotopic (exact) mass is 316 g/mol. The molecule has 0 spiro atoms. The Hall–Kier alpha value is -2.92. The van der Waals surface area contributed by atoms with E-state index in [0.717, 1.165) is 33.2 Å². The minimum Gasteiger partial charge on any atom is -0.264 e. The van der Waals surface area contributed by atoms with Crippen LogP contribution >= 0.6 is 11.3 Å². The maximum atomic E-state index is 4.65. The second-order valence-corrected chi connectivity index (χ2v) is 5.80. The number of hydrogen-bond donors (Lipinski definition) is 0. The maximum Gasteiger partial charge on any atom is 0.159 e. The van der Waals surface area contributed by atoms with Gasteiger partial charge in [0.2, 0.25) is 0 Å². The molecule has 0 unspecified atom stereocenters. The first-order chi connectivity index (χ1) is 11.4. The van der Waals surface area contributed by atoms with Gasteiger partial charge in [-0.2, -0.15) is 0 Å². The van der Waals surface area contributed by atoms with Crippen LogP contribution in [0.2, 0.25) is 0 Å². The zero-order chi connectivity index (χ0) is 15.5. The summed E-state index contributed by atoms with van der Waals surface area (Å²) < 4.78 is 0. The number of thiazole rings is 1. The fourth-order valence-corrected chi connectivity index (χ4v) is 3.04. The summed E-state index contributed by atoms with van der Waals surface area (Å²) in [6.45, 7) is 0. The van der Waals surface area contributed by atoms with Crippen molar-refractivity contribution in [3.63, 3.8) is 0 Å². The average Bonchev–Trinajstić information content (AvgIpc) is 3.14. The number of pyridine rings is 1. The topological polar surface area (TPSA) is 51.6 Å². The molecule has 0 atom stereocenters. The van der Waals surface area contributed by atoms with Crippen LogP contribution < -0.4 is 0 Å². The van der Waals surface area contributed by atoms with E-state index >= 15 is 0 Å². The predicted molar refractivity (Wildman–Crippen MR) is 91.8 cm³/mol. The summed E-state index contributed by atoms with van der Waals surface area (Å²) in [5.41, 5.74) is 3.82. The van der Waals surface area contributed by atoms with Gasteiger partial charge < -0.3 is 0 Å². The molecule has 5 heteroatoms. The van der Waals surface area contributed by atoms with Crippen LogP contribution in [0.25, 0.3) is 33.2 Å². The van der Waals surface area contributed by atoms with Gasteiger partial charge in [-0.1, -0.05) is 30.3 Å². The smallest absolute Gasteiger partial charge is 0.159 e. The predicted octanol–water partition coefficient (Wildman–Crippen LogP) is 4.33. The van der Waals surface area contributed by atoms with Gasteiger partial charge in [-0.3, -0.25) is 4.98 Å². The van der Waals surface area contributed by atoms with Crippen LogP contribution in [-0.4, -0.2) is 19.9 Å². The number of nitrogens with zero attached hydrogens (tertiary/aromatic N) is 4. The molecular formula is C18H12N4S. The number of aromatic nitrogens is 4. The van der Waals surface area contributed by atoms with E-state index in [1.54, 1.807) is 17.5 Å². The van der Waals surface area contributed by atoms with Gasteiger partial charge in [-0.25, -0.2) is 15.0 Å². The van der Waals surface area contributed by atoms with Crippen LogP contribution in [0, 0.1) is 0 Å². The first kappa shape index (κ1) is 13.7. The number of benzene rings is 1. The molecule has 0 N–H and O–H groups in total. The lowest BCUT2D eigenvalue weighted by Crippen LogP contribution is -1.89. The Bertz CT molecular complexity index is 903. The molecule has 0 aliphatic carbocycles. The lowest BCUT2D eigenvalue weighted by Gasteiger charge is -2.00. The maximum absolute atomic E-state index is 4.65. The molecule has 0 bridgehead atoms. The molecule has 4 rings (SSSR count). The van der Waals surface area contributed by atoms with Crippen molar-refractivity contribution in [2.75, 3.05) is 0 Å². The van der Waals surface area contributed by atoms with Crippen LogP contribution in [-0.2, 0) is 0 Å². The highest BCUT2D eigenvalue weighted by Gasteiger charge is 2.08. The third kappa shape index (κ3) is 2.86. The quantitative estimate of drug-likeness (QED) is 0.564. The Morgan fingerprint density at radius 3 is 2.26 bits per heavy atom. The Balaban J connectivity index is 1.63. The lowest BCUT2D eigenvalue weighted by molar-refractivity contribution is 1.17. The summed E-state index contributed by atoms with van der Waals surface area (Å²) in [5.74, 6) is 0.720. The molecule has 0 saturated heterocycles. The van der Waals surface area contributed by atoms with Gasteiger partial charge >= 0.3 is 0 Å². The normalized spacial score (nSPS) is 10.6. The van der Waals surface area contributed by atoms with Crippen LogP contribution in [0.5, 0.6) is 0 Å². The summed E-state index contributed by atoms with van der Waals surface area (Å²) in [6, 6.07) is 13.9. The first-order valence-corrected chi connectivity index (χ1v) is 8.02. The Morgan fingerprint density at radius 2 is 1.52 bits per heavy atom. The van der Waals surface area contributed by atoms with E-state index in [1.165, 1.54) is 0 Å². The second kappa shape index (κ2) is 6.06. The highest BCUT2D eigenvalue weighted by molar-refractivity contribution is 7.13. The molecule has 4 aromatic rings. The third-order valence-electron chi connectivity index (χ3n) is 3.39. The van der Waals surface area contributed by atoms with E-state index in [2.05, 4.69) is 19.9 Å². The number of hydrogen-bond acceptors (Lipinski definition) is 5. The van der Waals surface area contributed by atoms with Crippen LogP contribution in [0.3, 0.4) is 0 Å². The average molecular weight is 316 g/mol. The number of rotatable bonds is 3. The van der Waals surface area contributed by atoms with Crippen molar-refractivity contribution in [2.24, 2.45) is 0 Å². The van der Waals surface area contributed by atoms with Crippen molar-refractivity contribution in [1.29, 1.82) is 0 Å². The molecule has 3 heterocycles. The summed E-state index contributed by atoms with van der Waals surface area (Å²) in [6.07, 6.45) is 7.21. The van der Waals surface area contributed by atoms with Gasteiger partial charge in [0, 0.05) is 46.9 Å².